The largest absolute Gasteiger partial charge is 0.379 e. The Morgan fingerprint density at radius 2 is 1.58 bits per heavy atom. The van der Waals surface area contributed by atoms with Crippen LogP contribution in [0.5, 0.6) is 0 Å². The zero-order chi connectivity index (χ0) is 26.5. The predicted octanol–water partition coefficient (Wildman–Crippen LogP) is 3.99. The fraction of sp³-hybridized carbons (Fsp3) is 0.483. The van der Waals surface area contributed by atoms with Crippen molar-refractivity contribution >= 4 is 17.5 Å². The van der Waals surface area contributed by atoms with Crippen molar-refractivity contribution in [1.29, 1.82) is 0 Å². The Hall–Kier alpha value is -3.17. The van der Waals surface area contributed by atoms with Crippen molar-refractivity contribution in [2.24, 2.45) is 11.0 Å². The molecule has 0 unspecified atom stereocenters. The molecular formula is C29H34F2N4O3. The minimum absolute atomic E-state index is 0.0318. The Bertz CT molecular complexity index is 1140. The normalized spacial score (nSPS) is 20.5. The molecule has 2 aromatic rings. The van der Waals surface area contributed by atoms with E-state index in [0.29, 0.717) is 38.4 Å². The number of amides is 2. The van der Waals surface area contributed by atoms with E-state index in [4.69, 9.17) is 4.74 Å². The lowest BCUT2D eigenvalue weighted by Crippen LogP contribution is -2.47. The van der Waals surface area contributed by atoms with E-state index in [1.54, 1.807) is 29.2 Å². The van der Waals surface area contributed by atoms with Crippen molar-refractivity contribution in [3.8, 4) is 0 Å². The van der Waals surface area contributed by atoms with Crippen LogP contribution < -0.4 is 0 Å². The van der Waals surface area contributed by atoms with Gasteiger partial charge in [0.05, 0.1) is 25.0 Å². The molecule has 0 bridgehead atoms. The second-order valence-electron chi connectivity index (χ2n) is 10.3. The van der Waals surface area contributed by atoms with Crippen molar-refractivity contribution < 1.29 is 23.1 Å². The minimum atomic E-state index is -0.439. The van der Waals surface area contributed by atoms with Gasteiger partial charge in [-0.1, -0.05) is 37.1 Å². The first-order valence-electron chi connectivity index (χ1n) is 13.5. The van der Waals surface area contributed by atoms with Crippen LogP contribution in [-0.4, -0.2) is 78.3 Å². The topological polar surface area (TPSA) is 65.5 Å². The molecular weight excluding hydrogens is 490 g/mol. The predicted molar refractivity (Wildman–Crippen MR) is 139 cm³/mol. The molecule has 9 heteroatoms. The number of hydrogen-bond acceptors (Lipinski definition) is 5. The first-order chi connectivity index (χ1) is 18.5. The molecule has 2 amide bonds. The molecule has 3 aliphatic rings. The quantitative estimate of drug-likeness (QED) is 0.524. The van der Waals surface area contributed by atoms with Gasteiger partial charge in [-0.25, -0.2) is 13.8 Å². The van der Waals surface area contributed by atoms with E-state index in [1.807, 2.05) is 0 Å². The van der Waals surface area contributed by atoms with Crippen LogP contribution in [0.4, 0.5) is 8.78 Å². The lowest BCUT2D eigenvalue weighted by Gasteiger charge is -2.32. The molecule has 2 heterocycles. The monoisotopic (exact) mass is 524 g/mol. The number of hydrazone groups is 1. The van der Waals surface area contributed by atoms with E-state index in [9.17, 15) is 18.4 Å². The van der Waals surface area contributed by atoms with Crippen LogP contribution >= 0.6 is 0 Å². The van der Waals surface area contributed by atoms with E-state index in [0.717, 1.165) is 49.9 Å². The summed E-state index contributed by atoms with van der Waals surface area (Å²) in [5.74, 6) is -1.01. The molecule has 7 nitrogen and oxygen atoms in total. The van der Waals surface area contributed by atoms with Gasteiger partial charge in [0, 0.05) is 38.5 Å². The number of hydrogen-bond donors (Lipinski definition) is 0. The Labute approximate surface area is 222 Å². The molecule has 2 aliphatic heterocycles. The summed E-state index contributed by atoms with van der Waals surface area (Å²) in [6.45, 7) is 4.03. The Morgan fingerprint density at radius 3 is 2.24 bits per heavy atom. The van der Waals surface area contributed by atoms with Crippen molar-refractivity contribution in [3.05, 3.63) is 71.3 Å². The van der Waals surface area contributed by atoms with Gasteiger partial charge in [-0.2, -0.15) is 5.10 Å². The average molecular weight is 525 g/mol. The first-order valence-corrected chi connectivity index (χ1v) is 13.5. The number of carbonyl (C=O) groups excluding carboxylic acids is 2. The highest BCUT2D eigenvalue weighted by Gasteiger charge is 2.36. The van der Waals surface area contributed by atoms with E-state index in [2.05, 4.69) is 10.0 Å². The molecule has 2 aromatic carbocycles. The fourth-order valence-electron chi connectivity index (χ4n) is 5.52. The Morgan fingerprint density at radius 1 is 0.947 bits per heavy atom. The minimum Gasteiger partial charge on any atom is -0.379 e. The van der Waals surface area contributed by atoms with Crippen LogP contribution in [0.1, 0.15) is 49.3 Å². The maximum Gasteiger partial charge on any atom is 0.262 e. The lowest BCUT2D eigenvalue weighted by atomic mass is 9.98. The summed E-state index contributed by atoms with van der Waals surface area (Å²) >= 11 is 0. The first kappa shape index (κ1) is 26.4. The van der Waals surface area contributed by atoms with Gasteiger partial charge in [0.25, 0.3) is 5.91 Å². The molecule has 1 aliphatic carbocycles. The molecule has 0 aromatic heterocycles. The zero-order valence-corrected chi connectivity index (χ0v) is 21.5. The average Bonchev–Trinajstić information content (AvgIpc) is 3.63. The maximum absolute atomic E-state index is 13.8. The Kier molecular flexibility index (Phi) is 8.44. The molecule has 1 atom stereocenters. The standard InChI is InChI=1S/C29H34F2N4O3/c30-24-9-5-21(6-10-24)26-19-27(22-7-11-25(31)12-8-22)35(32-26)28(36)20-34(29(37)23-3-1-2-4-23)14-13-33-15-17-38-18-16-33/h5-12,23,27H,1-4,13-20H2/t27-/m1/s1. The van der Waals surface area contributed by atoms with Crippen molar-refractivity contribution in [1.82, 2.24) is 14.8 Å². The van der Waals surface area contributed by atoms with Crippen LogP contribution in [0.25, 0.3) is 0 Å². The van der Waals surface area contributed by atoms with Gasteiger partial charge in [0.15, 0.2) is 0 Å². The maximum atomic E-state index is 13.8. The van der Waals surface area contributed by atoms with E-state index in [1.165, 1.54) is 29.3 Å². The van der Waals surface area contributed by atoms with Gasteiger partial charge >= 0.3 is 0 Å². The van der Waals surface area contributed by atoms with Gasteiger partial charge < -0.3 is 9.64 Å². The molecule has 2 fully saturated rings. The van der Waals surface area contributed by atoms with Crippen LogP contribution in [0, 0.1) is 17.6 Å². The van der Waals surface area contributed by atoms with E-state index >= 15 is 0 Å². The third-order valence-corrected chi connectivity index (χ3v) is 7.73. The van der Waals surface area contributed by atoms with Crippen LogP contribution in [-0.2, 0) is 14.3 Å². The molecule has 1 saturated heterocycles. The van der Waals surface area contributed by atoms with Crippen LogP contribution in [0.2, 0.25) is 0 Å². The van der Waals surface area contributed by atoms with E-state index in [-0.39, 0.29) is 35.9 Å². The van der Waals surface area contributed by atoms with Gasteiger partial charge in [0.1, 0.15) is 18.2 Å². The summed E-state index contributed by atoms with van der Waals surface area (Å²) < 4.78 is 32.6. The number of rotatable bonds is 8. The summed E-state index contributed by atoms with van der Waals surface area (Å²) in [5, 5.41) is 6.07. The zero-order valence-electron chi connectivity index (χ0n) is 21.5. The summed E-state index contributed by atoms with van der Waals surface area (Å²) in [5.41, 5.74) is 2.12. The highest BCUT2D eigenvalue weighted by atomic mass is 19.1. The van der Waals surface area contributed by atoms with Crippen LogP contribution in [0.15, 0.2) is 53.6 Å². The summed E-state index contributed by atoms with van der Waals surface area (Å²) in [6, 6.07) is 11.6. The highest BCUT2D eigenvalue weighted by molar-refractivity contribution is 6.03. The molecule has 202 valence electrons. The molecule has 0 spiro atoms. The van der Waals surface area contributed by atoms with Gasteiger partial charge in [-0.05, 0) is 48.2 Å². The number of morpholine rings is 1. The SMILES string of the molecule is O=C(C1CCCC1)N(CCN1CCOCC1)CC(=O)N1N=C(c2ccc(F)cc2)C[C@@H]1c1ccc(F)cc1. The van der Waals surface area contributed by atoms with Crippen molar-refractivity contribution in [2.75, 3.05) is 45.9 Å². The molecule has 0 N–H and O–H groups in total. The molecule has 1 saturated carbocycles. The number of nitrogens with zero attached hydrogens (tertiary/aromatic N) is 4. The number of carbonyl (C=O) groups is 2. The summed E-state index contributed by atoms with van der Waals surface area (Å²) in [4.78, 5) is 31.2. The van der Waals surface area contributed by atoms with Crippen LogP contribution in [0.3, 0.4) is 0 Å². The third kappa shape index (κ3) is 6.27. The molecule has 0 radical (unpaired) electrons. The van der Waals surface area contributed by atoms with Crippen molar-refractivity contribution in [2.45, 2.75) is 38.1 Å². The van der Waals surface area contributed by atoms with Crippen molar-refractivity contribution in [3.63, 3.8) is 0 Å². The van der Waals surface area contributed by atoms with Gasteiger partial charge in [-0.15, -0.1) is 0 Å². The number of ether oxygens (including phenoxy) is 1. The highest BCUT2D eigenvalue weighted by Crippen LogP contribution is 2.33. The third-order valence-electron chi connectivity index (χ3n) is 7.73. The lowest BCUT2D eigenvalue weighted by molar-refractivity contribution is -0.144. The summed E-state index contributed by atoms with van der Waals surface area (Å²) in [7, 11) is 0. The summed E-state index contributed by atoms with van der Waals surface area (Å²) in [6.07, 6.45) is 4.19. The second-order valence-corrected chi connectivity index (χ2v) is 10.3. The van der Waals surface area contributed by atoms with E-state index < -0.39 is 6.04 Å². The number of halogens is 2. The fourth-order valence-corrected chi connectivity index (χ4v) is 5.52. The molecule has 38 heavy (non-hydrogen) atoms. The smallest absolute Gasteiger partial charge is 0.262 e. The van der Waals surface area contributed by atoms with Gasteiger partial charge in [-0.3, -0.25) is 14.5 Å². The Balaban J connectivity index is 1.37. The number of benzene rings is 2. The van der Waals surface area contributed by atoms with Gasteiger partial charge in [0.2, 0.25) is 5.91 Å². The second kappa shape index (κ2) is 12.1. The molecule has 5 rings (SSSR count).